The third-order valence-electron chi connectivity index (χ3n) is 1.92. The topological polar surface area (TPSA) is 116 Å². The summed E-state index contributed by atoms with van der Waals surface area (Å²) in [6.07, 6.45) is 1.22. The maximum atomic E-state index is 11.5. The molecule has 2 rings (SSSR count). The molecule has 0 bridgehead atoms. The Morgan fingerprint density at radius 2 is 2.53 bits per heavy atom. The van der Waals surface area contributed by atoms with Gasteiger partial charge in [-0.3, -0.25) is 0 Å². The summed E-state index contributed by atoms with van der Waals surface area (Å²) in [6, 6.07) is 0. The van der Waals surface area contributed by atoms with Gasteiger partial charge in [0.05, 0.1) is 13.7 Å². The first kappa shape index (κ1) is 11.3. The Balaban J connectivity index is 2.13. The highest BCUT2D eigenvalue weighted by molar-refractivity contribution is 7.11. The summed E-state index contributed by atoms with van der Waals surface area (Å²) in [5, 5.41) is 7.08. The molecule has 17 heavy (non-hydrogen) atoms. The van der Waals surface area contributed by atoms with Crippen molar-refractivity contribution < 1.29 is 14.1 Å². The van der Waals surface area contributed by atoms with Crippen LogP contribution in [0.3, 0.4) is 0 Å². The van der Waals surface area contributed by atoms with E-state index in [-0.39, 0.29) is 11.4 Å². The van der Waals surface area contributed by atoms with Gasteiger partial charge in [-0.1, -0.05) is 5.16 Å². The van der Waals surface area contributed by atoms with Gasteiger partial charge in [-0.25, -0.2) is 4.79 Å². The van der Waals surface area contributed by atoms with E-state index in [4.69, 9.17) is 5.73 Å². The molecule has 2 aromatic heterocycles. The molecule has 0 saturated carbocycles. The van der Waals surface area contributed by atoms with E-state index in [0.29, 0.717) is 17.4 Å². The number of rotatable bonds is 4. The van der Waals surface area contributed by atoms with Crippen LogP contribution in [0.25, 0.3) is 0 Å². The number of nitrogens with zero attached hydrogens (tertiary/aromatic N) is 3. The standard InChI is InChI=1S/C8H9N5O3S/c1-15-8(14)5-6(9)13-17-7(5)10-2-4-11-3-16-12-4/h3,10H,2H2,1H3,(H2,9,13). The van der Waals surface area contributed by atoms with Crippen molar-refractivity contribution in [3.8, 4) is 0 Å². The second-order valence-electron chi connectivity index (χ2n) is 2.96. The number of ether oxygens (including phenoxy) is 1. The monoisotopic (exact) mass is 255 g/mol. The summed E-state index contributed by atoms with van der Waals surface area (Å²) in [5.74, 6) is 0.0668. The van der Waals surface area contributed by atoms with Gasteiger partial charge >= 0.3 is 5.97 Å². The van der Waals surface area contributed by atoms with Crippen LogP contribution < -0.4 is 11.1 Å². The van der Waals surface area contributed by atoms with Crippen molar-refractivity contribution >= 4 is 28.3 Å². The normalized spacial score (nSPS) is 10.2. The minimum atomic E-state index is -0.535. The molecule has 0 amide bonds. The highest BCUT2D eigenvalue weighted by atomic mass is 32.1. The number of hydrogen-bond acceptors (Lipinski definition) is 9. The Kier molecular flexibility index (Phi) is 3.19. The summed E-state index contributed by atoms with van der Waals surface area (Å²) < 4.78 is 13.1. The number of nitrogens with two attached hydrogens (primary N) is 1. The van der Waals surface area contributed by atoms with Crippen LogP contribution in [0.5, 0.6) is 0 Å². The largest absolute Gasteiger partial charge is 0.465 e. The van der Waals surface area contributed by atoms with Gasteiger partial charge < -0.3 is 20.3 Å². The molecule has 2 heterocycles. The first-order valence-electron chi connectivity index (χ1n) is 4.55. The van der Waals surface area contributed by atoms with Gasteiger partial charge in [0.25, 0.3) is 0 Å². The predicted octanol–water partition coefficient (Wildman–Crippen LogP) is 0.507. The van der Waals surface area contributed by atoms with Crippen molar-refractivity contribution in [3.63, 3.8) is 0 Å². The molecule has 2 aromatic rings. The molecule has 0 fully saturated rings. The van der Waals surface area contributed by atoms with Gasteiger partial charge in [-0.2, -0.15) is 9.36 Å². The van der Waals surface area contributed by atoms with Crippen molar-refractivity contribution in [2.24, 2.45) is 0 Å². The fraction of sp³-hybridized carbons (Fsp3) is 0.250. The van der Waals surface area contributed by atoms with E-state index in [9.17, 15) is 4.79 Å². The highest BCUT2D eigenvalue weighted by Crippen LogP contribution is 2.27. The van der Waals surface area contributed by atoms with Crippen LogP contribution in [0.1, 0.15) is 16.2 Å². The molecule has 0 radical (unpaired) electrons. The minimum absolute atomic E-state index is 0.137. The maximum absolute atomic E-state index is 11.5. The Bertz CT molecular complexity index is 509. The highest BCUT2D eigenvalue weighted by Gasteiger charge is 2.19. The zero-order valence-electron chi connectivity index (χ0n) is 8.84. The quantitative estimate of drug-likeness (QED) is 0.759. The smallest absolute Gasteiger partial charge is 0.344 e. The van der Waals surface area contributed by atoms with Crippen molar-refractivity contribution in [2.45, 2.75) is 6.54 Å². The van der Waals surface area contributed by atoms with Crippen LogP contribution in [0.2, 0.25) is 0 Å². The van der Waals surface area contributed by atoms with E-state index in [2.05, 4.69) is 29.1 Å². The average Bonchev–Trinajstić information content (AvgIpc) is 2.95. The molecule has 90 valence electrons. The van der Waals surface area contributed by atoms with E-state index in [1.54, 1.807) is 0 Å². The number of carbonyl (C=O) groups is 1. The van der Waals surface area contributed by atoms with Crippen LogP contribution in [-0.4, -0.2) is 27.6 Å². The van der Waals surface area contributed by atoms with Crippen LogP contribution >= 0.6 is 11.5 Å². The van der Waals surface area contributed by atoms with E-state index in [0.717, 1.165) is 11.5 Å². The van der Waals surface area contributed by atoms with Crippen molar-refractivity contribution in [1.82, 2.24) is 14.5 Å². The molecule has 0 saturated heterocycles. The molecule has 0 spiro atoms. The number of anilines is 2. The van der Waals surface area contributed by atoms with Gasteiger partial charge in [0, 0.05) is 0 Å². The molecule has 0 aliphatic heterocycles. The third kappa shape index (κ3) is 2.33. The minimum Gasteiger partial charge on any atom is -0.465 e. The van der Waals surface area contributed by atoms with Gasteiger partial charge in [0.1, 0.15) is 10.6 Å². The van der Waals surface area contributed by atoms with E-state index in [1.165, 1.54) is 13.5 Å². The summed E-state index contributed by atoms with van der Waals surface area (Å²) in [5.41, 5.74) is 5.80. The van der Waals surface area contributed by atoms with E-state index < -0.39 is 5.97 Å². The van der Waals surface area contributed by atoms with Gasteiger partial charge in [-0.15, -0.1) is 0 Å². The SMILES string of the molecule is COC(=O)c1c(N)nsc1NCc1ncon1. The number of hydrogen-bond donors (Lipinski definition) is 2. The zero-order valence-corrected chi connectivity index (χ0v) is 9.65. The number of nitrogen functional groups attached to an aromatic ring is 1. The summed E-state index contributed by atoms with van der Waals surface area (Å²) in [7, 11) is 1.28. The molecule has 3 N–H and O–H groups in total. The Labute approximate surface area is 99.9 Å². The lowest BCUT2D eigenvalue weighted by Crippen LogP contribution is -2.08. The number of nitrogens with one attached hydrogen (secondary N) is 1. The predicted molar refractivity (Wildman–Crippen MR) is 59.5 cm³/mol. The number of carbonyl (C=O) groups excluding carboxylic acids is 1. The Morgan fingerprint density at radius 3 is 3.18 bits per heavy atom. The van der Waals surface area contributed by atoms with Gasteiger partial charge in [0.15, 0.2) is 11.6 Å². The van der Waals surface area contributed by atoms with Crippen molar-refractivity contribution in [2.75, 3.05) is 18.2 Å². The number of esters is 1. The lowest BCUT2D eigenvalue weighted by molar-refractivity contribution is 0.0603. The van der Waals surface area contributed by atoms with Crippen LogP contribution in [0.4, 0.5) is 10.8 Å². The summed E-state index contributed by atoms with van der Waals surface area (Å²) in [6.45, 7) is 0.308. The molecule has 0 aliphatic carbocycles. The zero-order chi connectivity index (χ0) is 12.3. The number of methoxy groups -OCH3 is 1. The molecule has 0 atom stereocenters. The first-order valence-corrected chi connectivity index (χ1v) is 5.32. The molecule has 8 nitrogen and oxygen atoms in total. The number of aromatic nitrogens is 3. The molecule has 0 aromatic carbocycles. The molecule has 9 heteroatoms. The maximum Gasteiger partial charge on any atom is 0.344 e. The lowest BCUT2D eigenvalue weighted by Gasteiger charge is -2.02. The molecule has 0 aliphatic rings. The van der Waals surface area contributed by atoms with Gasteiger partial charge in [-0.05, 0) is 11.5 Å². The summed E-state index contributed by atoms with van der Waals surface area (Å²) >= 11 is 1.07. The fourth-order valence-electron chi connectivity index (χ4n) is 1.15. The summed E-state index contributed by atoms with van der Waals surface area (Å²) in [4.78, 5) is 15.3. The van der Waals surface area contributed by atoms with E-state index in [1.807, 2.05) is 0 Å². The average molecular weight is 255 g/mol. The van der Waals surface area contributed by atoms with Crippen LogP contribution in [0.15, 0.2) is 10.9 Å². The molecular formula is C8H9N5O3S. The second-order valence-corrected chi connectivity index (χ2v) is 3.74. The molecular weight excluding hydrogens is 246 g/mol. The lowest BCUT2D eigenvalue weighted by atomic mass is 10.3. The Morgan fingerprint density at radius 1 is 1.71 bits per heavy atom. The van der Waals surface area contributed by atoms with Gasteiger partial charge in [0.2, 0.25) is 6.39 Å². The molecule has 0 unspecified atom stereocenters. The van der Waals surface area contributed by atoms with Crippen molar-refractivity contribution in [3.05, 3.63) is 17.8 Å². The van der Waals surface area contributed by atoms with Crippen LogP contribution in [0, 0.1) is 0 Å². The third-order valence-corrected chi connectivity index (χ3v) is 2.74. The second kappa shape index (κ2) is 4.78. The first-order chi connectivity index (χ1) is 8.22. The Hall–Kier alpha value is -2.16. The van der Waals surface area contributed by atoms with E-state index >= 15 is 0 Å². The van der Waals surface area contributed by atoms with Crippen molar-refractivity contribution in [1.29, 1.82) is 0 Å². The fourth-order valence-corrected chi connectivity index (χ4v) is 1.85. The van der Waals surface area contributed by atoms with Crippen LogP contribution in [-0.2, 0) is 11.3 Å².